The number of hydrogen-bond donors (Lipinski definition) is 0. The molecule has 0 radical (unpaired) electrons. The molecule has 0 saturated carbocycles. The number of nitrogens with zero attached hydrogens (tertiary/aromatic N) is 1. The summed E-state index contributed by atoms with van der Waals surface area (Å²) in [4.78, 5) is 0. The second-order valence-electron chi connectivity index (χ2n) is 3.78. The second-order valence-corrected chi connectivity index (χ2v) is 3.78. The lowest BCUT2D eigenvalue weighted by Gasteiger charge is -2.27. The molecule has 1 aliphatic heterocycles. The molecule has 0 aliphatic carbocycles. The summed E-state index contributed by atoms with van der Waals surface area (Å²) in [6.07, 6.45) is 7.11. The van der Waals surface area contributed by atoms with Crippen molar-refractivity contribution in [2.24, 2.45) is 5.92 Å². The minimum Gasteiger partial charge on any atom is -0.377 e. The largest absolute Gasteiger partial charge is 0.377 e. The van der Waals surface area contributed by atoms with Gasteiger partial charge in [0.05, 0.1) is 18.1 Å². The molecule has 0 N–H and O–H groups in total. The lowest BCUT2D eigenvalue weighted by molar-refractivity contribution is -0.0144. The Bertz CT molecular complexity index is 173. The third-order valence-electron chi connectivity index (χ3n) is 2.70. The van der Waals surface area contributed by atoms with Crippen LogP contribution in [0, 0.1) is 17.2 Å². The van der Waals surface area contributed by atoms with Crippen LogP contribution in [0.1, 0.15) is 45.4 Å². The topological polar surface area (TPSA) is 33.0 Å². The Kier molecular flexibility index (Phi) is 4.85. The van der Waals surface area contributed by atoms with Gasteiger partial charge in [0.25, 0.3) is 0 Å². The Morgan fingerprint density at radius 1 is 1.46 bits per heavy atom. The number of nitriles is 1. The fourth-order valence-corrected chi connectivity index (χ4v) is 1.87. The predicted octanol–water partition coefficient (Wildman–Crippen LogP) is 2.89. The van der Waals surface area contributed by atoms with Crippen molar-refractivity contribution >= 4 is 0 Å². The van der Waals surface area contributed by atoms with Crippen LogP contribution in [0.25, 0.3) is 0 Å². The molecule has 1 aliphatic rings. The van der Waals surface area contributed by atoms with Crippen molar-refractivity contribution in [1.82, 2.24) is 0 Å². The van der Waals surface area contributed by atoms with Crippen molar-refractivity contribution < 1.29 is 4.74 Å². The van der Waals surface area contributed by atoms with Crippen LogP contribution in [0.5, 0.6) is 0 Å². The van der Waals surface area contributed by atoms with E-state index in [0.29, 0.717) is 0 Å². The molecule has 0 aromatic heterocycles. The second kappa shape index (κ2) is 5.99. The van der Waals surface area contributed by atoms with E-state index in [1.54, 1.807) is 0 Å². The van der Waals surface area contributed by atoms with Gasteiger partial charge in [-0.1, -0.05) is 26.2 Å². The first-order chi connectivity index (χ1) is 6.38. The Labute approximate surface area is 80.9 Å². The molecule has 1 saturated heterocycles. The molecule has 74 valence electrons. The van der Waals surface area contributed by atoms with Gasteiger partial charge in [0.2, 0.25) is 0 Å². The van der Waals surface area contributed by atoms with Crippen LogP contribution in [-0.4, -0.2) is 12.7 Å². The molecule has 0 aromatic rings. The predicted molar refractivity (Wildman–Crippen MR) is 52.2 cm³/mol. The molecule has 0 bridgehead atoms. The first-order valence-electron chi connectivity index (χ1n) is 5.39. The molecule has 2 atom stereocenters. The molecule has 2 heteroatoms. The van der Waals surface area contributed by atoms with Crippen molar-refractivity contribution in [2.45, 2.75) is 51.6 Å². The number of hydrogen-bond acceptors (Lipinski definition) is 2. The first kappa shape index (κ1) is 10.5. The van der Waals surface area contributed by atoms with Crippen molar-refractivity contribution in [1.29, 1.82) is 5.26 Å². The lowest BCUT2D eigenvalue weighted by Crippen LogP contribution is -2.28. The van der Waals surface area contributed by atoms with E-state index in [2.05, 4.69) is 13.0 Å². The molecule has 2 nitrogen and oxygen atoms in total. The SMILES string of the molecule is CCCCCC1OCCCC1C#N. The van der Waals surface area contributed by atoms with Gasteiger partial charge < -0.3 is 4.74 Å². The van der Waals surface area contributed by atoms with Crippen molar-refractivity contribution in [3.05, 3.63) is 0 Å². The van der Waals surface area contributed by atoms with Gasteiger partial charge >= 0.3 is 0 Å². The monoisotopic (exact) mass is 181 g/mol. The molecule has 1 rings (SSSR count). The summed E-state index contributed by atoms with van der Waals surface area (Å²) in [5.74, 6) is 0.158. The molecular formula is C11H19NO. The van der Waals surface area contributed by atoms with Gasteiger partial charge in [-0.25, -0.2) is 0 Å². The van der Waals surface area contributed by atoms with Gasteiger partial charge in [-0.05, 0) is 19.3 Å². The molecule has 0 spiro atoms. The molecule has 13 heavy (non-hydrogen) atoms. The van der Waals surface area contributed by atoms with E-state index >= 15 is 0 Å². The highest BCUT2D eigenvalue weighted by molar-refractivity contribution is 4.90. The first-order valence-corrected chi connectivity index (χ1v) is 5.39. The van der Waals surface area contributed by atoms with Gasteiger partial charge in [-0.3, -0.25) is 0 Å². The zero-order chi connectivity index (χ0) is 9.52. The summed E-state index contributed by atoms with van der Waals surface area (Å²) < 4.78 is 5.61. The fourth-order valence-electron chi connectivity index (χ4n) is 1.87. The van der Waals surface area contributed by atoms with Crippen LogP contribution < -0.4 is 0 Å². The highest BCUT2D eigenvalue weighted by Gasteiger charge is 2.24. The molecule has 0 aromatic carbocycles. The van der Waals surface area contributed by atoms with Crippen LogP contribution >= 0.6 is 0 Å². The maximum absolute atomic E-state index is 8.89. The van der Waals surface area contributed by atoms with Crippen LogP contribution in [0.15, 0.2) is 0 Å². The Balaban J connectivity index is 2.24. The summed E-state index contributed by atoms with van der Waals surface area (Å²) in [7, 11) is 0. The van der Waals surface area contributed by atoms with Crippen LogP contribution in [0.2, 0.25) is 0 Å². The van der Waals surface area contributed by atoms with Crippen molar-refractivity contribution in [3.8, 4) is 6.07 Å². The number of rotatable bonds is 4. The lowest BCUT2D eigenvalue weighted by atomic mass is 9.92. The summed E-state index contributed by atoms with van der Waals surface area (Å²) in [5.41, 5.74) is 0. The zero-order valence-electron chi connectivity index (χ0n) is 8.46. The average Bonchev–Trinajstić information content (AvgIpc) is 2.19. The van der Waals surface area contributed by atoms with Gasteiger partial charge in [0.1, 0.15) is 0 Å². The van der Waals surface area contributed by atoms with E-state index in [1.807, 2.05) is 0 Å². The molecular weight excluding hydrogens is 162 g/mol. The Morgan fingerprint density at radius 3 is 3.00 bits per heavy atom. The smallest absolute Gasteiger partial charge is 0.0733 e. The molecule has 0 amide bonds. The average molecular weight is 181 g/mol. The van der Waals surface area contributed by atoms with E-state index < -0.39 is 0 Å². The quantitative estimate of drug-likeness (QED) is 0.625. The highest BCUT2D eigenvalue weighted by atomic mass is 16.5. The molecule has 2 unspecified atom stereocenters. The van der Waals surface area contributed by atoms with E-state index in [0.717, 1.165) is 25.9 Å². The van der Waals surface area contributed by atoms with E-state index in [4.69, 9.17) is 10.00 Å². The standard InChI is InChI=1S/C11H19NO/c1-2-3-4-7-11-10(9-12)6-5-8-13-11/h10-11H,2-8H2,1H3. The van der Waals surface area contributed by atoms with Crippen LogP contribution in [0.3, 0.4) is 0 Å². The third kappa shape index (κ3) is 3.36. The molecule has 1 heterocycles. The molecule has 1 fully saturated rings. The summed E-state index contributed by atoms with van der Waals surface area (Å²) >= 11 is 0. The minimum atomic E-state index is 0.158. The number of ether oxygens (including phenoxy) is 1. The van der Waals surface area contributed by atoms with Crippen molar-refractivity contribution in [3.63, 3.8) is 0 Å². The van der Waals surface area contributed by atoms with Gasteiger partial charge in [0, 0.05) is 6.61 Å². The minimum absolute atomic E-state index is 0.158. The van der Waals surface area contributed by atoms with Crippen LogP contribution in [-0.2, 0) is 4.74 Å². The third-order valence-corrected chi connectivity index (χ3v) is 2.70. The van der Waals surface area contributed by atoms with Crippen molar-refractivity contribution in [2.75, 3.05) is 6.61 Å². The highest BCUT2D eigenvalue weighted by Crippen LogP contribution is 2.24. The van der Waals surface area contributed by atoms with E-state index in [9.17, 15) is 0 Å². The normalized spacial score (nSPS) is 28.3. The van der Waals surface area contributed by atoms with Gasteiger partial charge in [0.15, 0.2) is 0 Å². The maximum Gasteiger partial charge on any atom is 0.0733 e. The van der Waals surface area contributed by atoms with Crippen LogP contribution in [0.4, 0.5) is 0 Å². The fraction of sp³-hybridized carbons (Fsp3) is 0.909. The van der Waals surface area contributed by atoms with Gasteiger partial charge in [-0.2, -0.15) is 5.26 Å². The number of unbranched alkanes of at least 4 members (excludes halogenated alkanes) is 2. The van der Waals surface area contributed by atoms with E-state index in [-0.39, 0.29) is 12.0 Å². The summed E-state index contributed by atoms with van der Waals surface area (Å²) in [5, 5.41) is 8.89. The Hall–Kier alpha value is -0.550. The maximum atomic E-state index is 8.89. The van der Waals surface area contributed by atoms with Gasteiger partial charge in [-0.15, -0.1) is 0 Å². The van der Waals surface area contributed by atoms with E-state index in [1.165, 1.54) is 19.3 Å². The summed E-state index contributed by atoms with van der Waals surface area (Å²) in [6.45, 7) is 3.05. The summed E-state index contributed by atoms with van der Waals surface area (Å²) in [6, 6.07) is 2.36. The Morgan fingerprint density at radius 2 is 2.31 bits per heavy atom. The zero-order valence-corrected chi connectivity index (χ0v) is 8.46.